The quantitative estimate of drug-likeness (QED) is 0.380. The molecule has 0 aliphatic carbocycles. The fourth-order valence-electron chi connectivity index (χ4n) is 3.36. The molecule has 1 N–H and O–H groups in total. The van der Waals surface area contributed by atoms with Gasteiger partial charge in [0.25, 0.3) is 0 Å². The molecule has 4 rings (SSSR count). The van der Waals surface area contributed by atoms with Gasteiger partial charge in [-0.2, -0.15) is 4.31 Å². The van der Waals surface area contributed by atoms with E-state index in [0.29, 0.717) is 11.3 Å². The highest BCUT2D eigenvalue weighted by molar-refractivity contribution is 7.92. The van der Waals surface area contributed by atoms with E-state index in [-0.39, 0.29) is 5.75 Å². The van der Waals surface area contributed by atoms with E-state index in [1.807, 2.05) is 60.7 Å². The van der Waals surface area contributed by atoms with Crippen molar-refractivity contribution < 1.29 is 13.5 Å². The number of para-hydroxylation sites is 1. The molecule has 0 heterocycles. The van der Waals surface area contributed by atoms with E-state index in [0.717, 1.165) is 32.5 Å². The zero-order chi connectivity index (χ0) is 21.1. The van der Waals surface area contributed by atoms with Crippen LogP contribution < -0.4 is 4.31 Å². The maximum absolute atomic E-state index is 12.3. The molecule has 0 unspecified atom stereocenters. The zero-order valence-corrected chi connectivity index (χ0v) is 17.1. The smallest absolute Gasteiger partial charge is 0.243 e. The van der Waals surface area contributed by atoms with E-state index in [2.05, 4.69) is 12.0 Å². The van der Waals surface area contributed by atoms with Crippen LogP contribution in [0.5, 0.6) is 5.75 Å². The van der Waals surface area contributed by atoms with Gasteiger partial charge in [0.15, 0.2) is 0 Å². The minimum Gasteiger partial charge on any atom is -0.507 e. The molecule has 0 aliphatic heterocycles. The number of nitrogens with zero attached hydrogens (tertiary/aromatic N) is 1. The summed E-state index contributed by atoms with van der Waals surface area (Å²) in [6.07, 6.45) is 1.13. The number of phenols is 1. The number of hydrogen-bond acceptors (Lipinski definition) is 3. The first kappa shape index (κ1) is 19.6. The van der Waals surface area contributed by atoms with E-state index in [9.17, 15) is 13.5 Å². The average Bonchev–Trinajstić information content (AvgIpc) is 2.75. The first-order valence-electron chi connectivity index (χ1n) is 9.32. The first-order chi connectivity index (χ1) is 14.4. The topological polar surface area (TPSA) is 57.6 Å². The molecule has 5 heteroatoms. The molecular weight excluding hydrogens is 394 g/mol. The SMILES string of the molecule is CS(=O)(=O)N(C#Cc1ccccc1-c1ccc(O)c2ccccc12)c1ccccc1. The van der Waals surface area contributed by atoms with Crippen LogP contribution in [0.15, 0.2) is 91.0 Å². The van der Waals surface area contributed by atoms with Gasteiger partial charge in [0.05, 0.1) is 11.9 Å². The number of fused-ring (bicyclic) bond motifs is 1. The van der Waals surface area contributed by atoms with Gasteiger partial charge in [-0.3, -0.25) is 0 Å². The standard InChI is InChI=1S/C25H19NO3S/c1-30(28,29)26(20-10-3-2-4-11-20)18-17-19-9-5-6-12-21(19)23-15-16-25(27)24-14-8-7-13-22(23)24/h2-16,27H,1H3. The summed E-state index contributed by atoms with van der Waals surface area (Å²) in [6.45, 7) is 0. The van der Waals surface area contributed by atoms with Crippen molar-refractivity contribution in [3.8, 4) is 28.8 Å². The van der Waals surface area contributed by atoms with E-state index < -0.39 is 10.0 Å². The Morgan fingerprint density at radius 1 is 0.733 bits per heavy atom. The minimum absolute atomic E-state index is 0.213. The summed E-state index contributed by atoms with van der Waals surface area (Å²) in [5.74, 6) is 3.24. The molecule has 0 saturated heterocycles. The number of hydrogen-bond donors (Lipinski definition) is 1. The van der Waals surface area contributed by atoms with Crippen molar-refractivity contribution in [2.75, 3.05) is 10.6 Å². The molecular formula is C25H19NO3S. The van der Waals surface area contributed by atoms with Crippen LogP contribution in [0.2, 0.25) is 0 Å². The van der Waals surface area contributed by atoms with Gasteiger partial charge in [0.1, 0.15) is 5.75 Å². The van der Waals surface area contributed by atoms with Crippen LogP contribution in [0, 0.1) is 12.0 Å². The Balaban J connectivity index is 1.87. The van der Waals surface area contributed by atoms with Gasteiger partial charge in [-0.1, -0.05) is 66.7 Å². The van der Waals surface area contributed by atoms with Gasteiger partial charge < -0.3 is 5.11 Å². The Morgan fingerprint density at radius 3 is 2.10 bits per heavy atom. The third-order valence-electron chi connectivity index (χ3n) is 4.73. The summed E-state index contributed by atoms with van der Waals surface area (Å²) in [7, 11) is -3.58. The lowest BCUT2D eigenvalue weighted by molar-refractivity contribution is 0.481. The summed E-state index contributed by atoms with van der Waals surface area (Å²) < 4.78 is 25.7. The summed E-state index contributed by atoms with van der Waals surface area (Å²) in [6, 6.07) is 30.3. The third kappa shape index (κ3) is 3.86. The van der Waals surface area contributed by atoms with Crippen molar-refractivity contribution in [2.24, 2.45) is 0 Å². The van der Waals surface area contributed by atoms with Gasteiger partial charge in [-0.05, 0) is 46.7 Å². The molecule has 0 saturated carbocycles. The Hall–Kier alpha value is -3.75. The van der Waals surface area contributed by atoms with Gasteiger partial charge in [0, 0.05) is 17.0 Å². The van der Waals surface area contributed by atoms with Crippen molar-refractivity contribution in [3.63, 3.8) is 0 Å². The molecule has 4 aromatic carbocycles. The molecule has 0 atom stereocenters. The maximum Gasteiger partial charge on any atom is 0.243 e. The van der Waals surface area contributed by atoms with Crippen LogP contribution in [0.4, 0.5) is 5.69 Å². The lowest BCUT2D eigenvalue weighted by atomic mass is 9.94. The number of anilines is 1. The monoisotopic (exact) mass is 413 g/mol. The van der Waals surface area contributed by atoms with Crippen molar-refractivity contribution in [1.29, 1.82) is 0 Å². The second kappa shape index (κ2) is 7.94. The Morgan fingerprint density at radius 2 is 1.37 bits per heavy atom. The van der Waals surface area contributed by atoms with E-state index >= 15 is 0 Å². The Kier molecular flexibility index (Phi) is 5.18. The molecule has 30 heavy (non-hydrogen) atoms. The molecule has 148 valence electrons. The highest BCUT2D eigenvalue weighted by atomic mass is 32.2. The van der Waals surface area contributed by atoms with Crippen LogP contribution in [0.1, 0.15) is 5.56 Å². The van der Waals surface area contributed by atoms with Gasteiger partial charge in [0.2, 0.25) is 10.0 Å². The fourth-order valence-corrected chi connectivity index (χ4v) is 4.07. The second-order valence-corrected chi connectivity index (χ2v) is 8.65. The van der Waals surface area contributed by atoms with Crippen LogP contribution in [-0.4, -0.2) is 19.8 Å². The minimum atomic E-state index is -3.58. The molecule has 0 radical (unpaired) electrons. The maximum atomic E-state index is 12.3. The molecule has 4 nitrogen and oxygen atoms in total. The number of phenolic OH excluding ortho intramolecular Hbond substituents is 1. The van der Waals surface area contributed by atoms with Crippen molar-refractivity contribution >= 4 is 26.5 Å². The van der Waals surface area contributed by atoms with Crippen LogP contribution in [0.25, 0.3) is 21.9 Å². The predicted octanol–water partition coefficient (Wildman–Crippen LogP) is 4.99. The summed E-state index contributed by atoms with van der Waals surface area (Å²) in [5, 5.41) is 11.9. The molecule has 0 spiro atoms. The van der Waals surface area contributed by atoms with Crippen LogP contribution >= 0.6 is 0 Å². The summed E-state index contributed by atoms with van der Waals surface area (Å²) in [4.78, 5) is 0. The second-order valence-electron chi connectivity index (χ2n) is 6.82. The Bertz CT molecular complexity index is 1380. The van der Waals surface area contributed by atoms with E-state index in [1.54, 1.807) is 30.3 Å². The molecule has 0 aromatic heterocycles. The summed E-state index contributed by atoms with van der Waals surface area (Å²) in [5.41, 5.74) is 2.96. The molecule has 4 aromatic rings. The lowest BCUT2D eigenvalue weighted by Gasteiger charge is -2.15. The zero-order valence-electron chi connectivity index (χ0n) is 16.3. The highest BCUT2D eigenvalue weighted by Gasteiger charge is 2.15. The number of sulfonamides is 1. The number of rotatable bonds is 3. The van der Waals surface area contributed by atoms with Crippen LogP contribution in [0.3, 0.4) is 0 Å². The number of aromatic hydroxyl groups is 1. The predicted molar refractivity (Wildman–Crippen MR) is 122 cm³/mol. The highest BCUT2D eigenvalue weighted by Crippen LogP contribution is 2.35. The molecule has 0 bridgehead atoms. The lowest BCUT2D eigenvalue weighted by Crippen LogP contribution is -2.24. The van der Waals surface area contributed by atoms with Gasteiger partial charge in [-0.25, -0.2) is 8.42 Å². The van der Waals surface area contributed by atoms with Crippen molar-refractivity contribution in [3.05, 3.63) is 96.6 Å². The normalized spacial score (nSPS) is 11.0. The third-order valence-corrected chi connectivity index (χ3v) is 5.70. The van der Waals surface area contributed by atoms with Gasteiger partial charge in [-0.15, -0.1) is 0 Å². The first-order valence-corrected chi connectivity index (χ1v) is 11.2. The van der Waals surface area contributed by atoms with Crippen molar-refractivity contribution in [1.82, 2.24) is 0 Å². The molecule has 0 fully saturated rings. The van der Waals surface area contributed by atoms with Crippen molar-refractivity contribution in [2.45, 2.75) is 0 Å². The largest absolute Gasteiger partial charge is 0.507 e. The number of benzene rings is 4. The molecule has 0 aliphatic rings. The van der Waals surface area contributed by atoms with E-state index in [4.69, 9.17) is 0 Å². The Labute approximate surface area is 176 Å². The van der Waals surface area contributed by atoms with E-state index in [1.165, 1.54) is 0 Å². The van der Waals surface area contributed by atoms with Crippen LogP contribution in [-0.2, 0) is 10.0 Å². The fraction of sp³-hybridized carbons (Fsp3) is 0.0400. The van der Waals surface area contributed by atoms with Gasteiger partial charge >= 0.3 is 0 Å². The average molecular weight is 413 g/mol. The summed E-state index contributed by atoms with van der Waals surface area (Å²) >= 11 is 0. The molecule has 0 amide bonds.